The van der Waals surface area contributed by atoms with Crippen molar-refractivity contribution in [3.63, 3.8) is 0 Å². The van der Waals surface area contributed by atoms with Crippen molar-refractivity contribution in [2.75, 3.05) is 18.9 Å². The number of ether oxygens (including phenoxy) is 1. The minimum absolute atomic E-state index is 0.119. The largest absolute Gasteiger partial charge is 0.484 e. The Balaban J connectivity index is 1.55. The Hall–Kier alpha value is -1.95. The highest BCUT2D eigenvalue weighted by Crippen LogP contribution is 2.12. The molecule has 1 heterocycles. The number of furan rings is 1. The quantitative estimate of drug-likeness (QED) is 0.762. The fourth-order valence-electron chi connectivity index (χ4n) is 1.59. The second-order valence-corrected chi connectivity index (χ2v) is 5.33. The Labute approximate surface area is 126 Å². The number of hydrogen-bond acceptors (Lipinski definition) is 4. The van der Waals surface area contributed by atoms with E-state index in [1.165, 1.54) is 18.2 Å². The number of hydrogen-bond donors (Lipinski definition) is 1. The van der Waals surface area contributed by atoms with Crippen LogP contribution in [0, 0.1) is 5.82 Å². The second kappa shape index (κ2) is 8.36. The molecule has 0 aliphatic carbocycles. The molecule has 0 unspecified atom stereocenters. The summed E-state index contributed by atoms with van der Waals surface area (Å²) >= 11 is 1.67. The molecule has 21 heavy (non-hydrogen) atoms. The van der Waals surface area contributed by atoms with Crippen LogP contribution >= 0.6 is 11.8 Å². The molecule has 2 rings (SSSR count). The van der Waals surface area contributed by atoms with E-state index in [4.69, 9.17) is 9.15 Å². The third kappa shape index (κ3) is 5.91. The van der Waals surface area contributed by atoms with E-state index in [1.54, 1.807) is 24.1 Å². The average molecular weight is 309 g/mol. The summed E-state index contributed by atoms with van der Waals surface area (Å²) in [6, 6.07) is 9.47. The van der Waals surface area contributed by atoms with E-state index >= 15 is 0 Å². The lowest BCUT2D eigenvalue weighted by atomic mass is 10.3. The van der Waals surface area contributed by atoms with Gasteiger partial charge < -0.3 is 14.5 Å². The summed E-state index contributed by atoms with van der Waals surface area (Å²) in [4.78, 5) is 11.5. The molecule has 0 atom stereocenters. The van der Waals surface area contributed by atoms with Gasteiger partial charge >= 0.3 is 0 Å². The number of thioether (sulfide) groups is 1. The van der Waals surface area contributed by atoms with Crippen LogP contribution in [0.15, 0.2) is 47.1 Å². The third-order valence-corrected chi connectivity index (χ3v) is 3.54. The van der Waals surface area contributed by atoms with E-state index in [-0.39, 0.29) is 18.3 Å². The fourth-order valence-corrected chi connectivity index (χ4v) is 2.34. The van der Waals surface area contributed by atoms with Gasteiger partial charge in [0.1, 0.15) is 17.3 Å². The third-order valence-electron chi connectivity index (χ3n) is 2.56. The number of benzene rings is 1. The molecule has 0 aliphatic rings. The molecular weight excluding hydrogens is 293 g/mol. The van der Waals surface area contributed by atoms with Crippen LogP contribution in [0.25, 0.3) is 0 Å². The standard InChI is InChI=1S/C15H16FNO3S/c16-12-3-1-4-13(9-12)20-10-15(18)17-6-8-21-11-14-5-2-7-19-14/h1-5,7,9H,6,8,10-11H2,(H,17,18). The molecular formula is C15H16FNO3S. The highest BCUT2D eigenvalue weighted by Gasteiger charge is 2.03. The number of halogens is 1. The highest BCUT2D eigenvalue weighted by atomic mass is 32.2. The van der Waals surface area contributed by atoms with Gasteiger partial charge in [0.05, 0.1) is 12.0 Å². The first-order valence-electron chi connectivity index (χ1n) is 6.49. The van der Waals surface area contributed by atoms with Crippen molar-refractivity contribution >= 4 is 17.7 Å². The van der Waals surface area contributed by atoms with Crippen LogP contribution in [0.2, 0.25) is 0 Å². The van der Waals surface area contributed by atoms with Gasteiger partial charge in [-0.25, -0.2) is 4.39 Å². The van der Waals surface area contributed by atoms with Crippen molar-refractivity contribution in [1.29, 1.82) is 0 Å². The smallest absolute Gasteiger partial charge is 0.257 e. The summed E-state index contributed by atoms with van der Waals surface area (Å²) in [6.07, 6.45) is 1.64. The SMILES string of the molecule is O=C(COc1cccc(F)c1)NCCSCc1ccco1. The lowest BCUT2D eigenvalue weighted by molar-refractivity contribution is -0.122. The first-order chi connectivity index (χ1) is 10.2. The Morgan fingerprint density at radius 3 is 3.00 bits per heavy atom. The van der Waals surface area contributed by atoms with Crippen LogP contribution in [-0.2, 0) is 10.5 Å². The van der Waals surface area contributed by atoms with E-state index in [0.29, 0.717) is 12.3 Å². The number of nitrogens with one attached hydrogen (secondary N) is 1. The molecule has 0 saturated heterocycles. The first kappa shape index (κ1) is 15.4. The van der Waals surface area contributed by atoms with E-state index in [1.807, 2.05) is 12.1 Å². The number of rotatable bonds is 8. The highest BCUT2D eigenvalue weighted by molar-refractivity contribution is 7.98. The van der Waals surface area contributed by atoms with Gasteiger partial charge in [0, 0.05) is 18.4 Å². The monoisotopic (exact) mass is 309 g/mol. The normalized spacial score (nSPS) is 10.3. The van der Waals surface area contributed by atoms with Gasteiger partial charge in [0.15, 0.2) is 6.61 Å². The molecule has 0 aliphatic heterocycles. The topological polar surface area (TPSA) is 51.5 Å². The van der Waals surface area contributed by atoms with Crippen LogP contribution in [0.5, 0.6) is 5.75 Å². The van der Waals surface area contributed by atoms with E-state index in [9.17, 15) is 9.18 Å². The zero-order chi connectivity index (χ0) is 14.9. The van der Waals surface area contributed by atoms with Gasteiger partial charge in [0.25, 0.3) is 5.91 Å². The van der Waals surface area contributed by atoms with E-state index in [2.05, 4.69) is 5.32 Å². The van der Waals surface area contributed by atoms with Gasteiger partial charge in [-0.15, -0.1) is 0 Å². The lowest BCUT2D eigenvalue weighted by Gasteiger charge is -2.07. The molecule has 6 heteroatoms. The van der Waals surface area contributed by atoms with Crippen LogP contribution in [0.4, 0.5) is 4.39 Å². The Bertz CT molecular complexity index is 560. The van der Waals surface area contributed by atoms with Crippen LogP contribution in [0.1, 0.15) is 5.76 Å². The Morgan fingerprint density at radius 1 is 1.33 bits per heavy atom. The van der Waals surface area contributed by atoms with Gasteiger partial charge in [-0.3, -0.25) is 4.79 Å². The zero-order valence-corrected chi connectivity index (χ0v) is 12.2. The van der Waals surface area contributed by atoms with Crippen LogP contribution in [0.3, 0.4) is 0 Å². The summed E-state index contributed by atoms with van der Waals surface area (Å²) in [7, 11) is 0. The maximum atomic E-state index is 12.9. The molecule has 0 spiro atoms. The minimum Gasteiger partial charge on any atom is -0.484 e. The number of amides is 1. The number of carbonyl (C=O) groups excluding carboxylic acids is 1. The summed E-state index contributed by atoms with van der Waals surface area (Å²) in [6.45, 7) is 0.434. The van der Waals surface area contributed by atoms with Crippen LogP contribution < -0.4 is 10.1 Å². The average Bonchev–Trinajstić information content (AvgIpc) is 2.98. The molecule has 1 aromatic heterocycles. The molecule has 112 valence electrons. The first-order valence-corrected chi connectivity index (χ1v) is 7.65. The second-order valence-electron chi connectivity index (χ2n) is 4.23. The van der Waals surface area contributed by atoms with Gasteiger partial charge in [-0.1, -0.05) is 6.07 Å². The molecule has 1 N–H and O–H groups in total. The summed E-state index contributed by atoms with van der Waals surface area (Å²) in [5.41, 5.74) is 0. The van der Waals surface area contributed by atoms with Crippen LogP contribution in [-0.4, -0.2) is 24.8 Å². The Morgan fingerprint density at radius 2 is 2.24 bits per heavy atom. The molecule has 2 aromatic rings. The summed E-state index contributed by atoms with van der Waals surface area (Å²) in [5, 5.41) is 2.74. The molecule has 4 nitrogen and oxygen atoms in total. The Kier molecular flexibility index (Phi) is 6.15. The van der Waals surface area contributed by atoms with Crippen molar-refractivity contribution in [1.82, 2.24) is 5.32 Å². The van der Waals surface area contributed by atoms with Gasteiger partial charge in [-0.2, -0.15) is 11.8 Å². The lowest BCUT2D eigenvalue weighted by Crippen LogP contribution is -2.30. The van der Waals surface area contributed by atoms with Crippen molar-refractivity contribution in [2.45, 2.75) is 5.75 Å². The molecule has 0 saturated carbocycles. The van der Waals surface area contributed by atoms with Gasteiger partial charge in [-0.05, 0) is 24.3 Å². The van der Waals surface area contributed by atoms with Crippen molar-refractivity contribution in [2.24, 2.45) is 0 Å². The molecule has 0 radical (unpaired) electrons. The van der Waals surface area contributed by atoms with Gasteiger partial charge in [0.2, 0.25) is 0 Å². The predicted molar refractivity (Wildman–Crippen MR) is 79.8 cm³/mol. The maximum absolute atomic E-state index is 12.9. The summed E-state index contributed by atoms with van der Waals surface area (Å²) < 4.78 is 23.3. The zero-order valence-electron chi connectivity index (χ0n) is 11.4. The molecule has 1 amide bonds. The van der Waals surface area contributed by atoms with Crippen molar-refractivity contribution < 1.29 is 18.3 Å². The van der Waals surface area contributed by atoms with Crippen molar-refractivity contribution in [3.8, 4) is 5.75 Å². The predicted octanol–water partition coefficient (Wildman–Crippen LogP) is 2.85. The minimum atomic E-state index is -0.387. The molecule has 0 bridgehead atoms. The van der Waals surface area contributed by atoms with Crippen molar-refractivity contribution in [3.05, 3.63) is 54.2 Å². The maximum Gasteiger partial charge on any atom is 0.257 e. The molecule has 0 fully saturated rings. The van der Waals surface area contributed by atoms with E-state index in [0.717, 1.165) is 17.3 Å². The molecule has 1 aromatic carbocycles. The number of carbonyl (C=O) groups is 1. The fraction of sp³-hybridized carbons (Fsp3) is 0.267. The van der Waals surface area contributed by atoms with E-state index < -0.39 is 0 Å². The summed E-state index contributed by atoms with van der Waals surface area (Å²) in [5.74, 6) is 2.22.